The zero-order valence-corrected chi connectivity index (χ0v) is 32.2. The number of furan rings is 2. The zero-order valence-electron chi connectivity index (χ0n) is 32.2. The van der Waals surface area contributed by atoms with Crippen LogP contribution in [0.4, 0.5) is 17.1 Å². The summed E-state index contributed by atoms with van der Waals surface area (Å²) in [5.41, 5.74) is 16.1. The van der Waals surface area contributed by atoms with E-state index >= 15 is 0 Å². The van der Waals surface area contributed by atoms with Crippen LogP contribution in [0.1, 0.15) is 25.0 Å². The van der Waals surface area contributed by atoms with Crippen molar-refractivity contribution < 1.29 is 8.83 Å². The van der Waals surface area contributed by atoms with Crippen molar-refractivity contribution in [3.05, 3.63) is 199 Å². The molecule has 12 rings (SSSR count). The van der Waals surface area contributed by atoms with Crippen molar-refractivity contribution in [3.63, 3.8) is 0 Å². The number of para-hydroxylation sites is 2. The molecule has 0 amide bonds. The fourth-order valence-corrected chi connectivity index (χ4v) is 9.55. The van der Waals surface area contributed by atoms with Crippen LogP contribution in [0, 0.1) is 0 Å². The molecule has 274 valence electrons. The molecular weight excluding hydrogens is 707 g/mol. The van der Waals surface area contributed by atoms with Gasteiger partial charge in [0.05, 0.1) is 11.4 Å². The van der Waals surface area contributed by atoms with Crippen molar-refractivity contribution in [2.24, 2.45) is 0 Å². The lowest BCUT2D eigenvalue weighted by atomic mass is 9.81. The summed E-state index contributed by atoms with van der Waals surface area (Å²) in [5, 5.41) is 6.57. The van der Waals surface area contributed by atoms with Gasteiger partial charge < -0.3 is 13.7 Å². The van der Waals surface area contributed by atoms with E-state index in [1.807, 2.05) is 6.07 Å². The summed E-state index contributed by atoms with van der Waals surface area (Å²) < 4.78 is 13.9. The summed E-state index contributed by atoms with van der Waals surface area (Å²) in [6.07, 6.45) is 0. The van der Waals surface area contributed by atoms with Crippen molar-refractivity contribution in [1.29, 1.82) is 0 Å². The predicted octanol–water partition coefficient (Wildman–Crippen LogP) is 15.7. The number of nitrogens with zero attached hydrogens (tertiary/aromatic N) is 1. The van der Waals surface area contributed by atoms with Crippen molar-refractivity contribution in [1.82, 2.24) is 0 Å². The molecule has 1 aliphatic rings. The van der Waals surface area contributed by atoms with Gasteiger partial charge in [-0.1, -0.05) is 153 Å². The Balaban J connectivity index is 1.16. The number of hydrogen-bond donors (Lipinski definition) is 0. The second-order valence-electron chi connectivity index (χ2n) is 16.1. The molecule has 0 unspecified atom stereocenters. The predicted molar refractivity (Wildman–Crippen MR) is 242 cm³/mol. The minimum atomic E-state index is -0.125. The molecule has 1 aliphatic carbocycles. The highest BCUT2D eigenvalue weighted by molar-refractivity contribution is 6.19. The standard InChI is InChI=1S/C55H37NO2/c1-55(2)47-20-10-8-17-41(47)42-29-26-37(32-48(42)55)38-31-46-45-30-25-36-15-6-7-16-40(36)52(45)58-54(46)50(33-38)56(39-27-23-35(24-28-39)34-13-4-3-5-14-34)49-21-12-19-44-43-18-9-11-22-51(43)57-53(44)49/h3-33H,1-2H3. The van der Waals surface area contributed by atoms with Crippen molar-refractivity contribution in [2.75, 3.05) is 4.90 Å². The molecule has 0 saturated heterocycles. The molecular formula is C55H37NO2. The molecule has 3 heteroatoms. The molecule has 0 spiro atoms. The van der Waals surface area contributed by atoms with Gasteiger partial charge in [-0.25, -0.2) is 0 Å². The molecule has 2 heterocycles. The third kappa shape index (κ3) is 4.80. The largest absolute Gasteiger partial charge is 0.454 e. The first-order valence-electron chi connectivity index (χ1n) is 20.0. The average molecular weight is 744 g/mol. The molecule has 9 aromatic carbocycles. The summed E-state index contributed by atoms with van der Waals surface area (Å²) in [6, 6.07) is 67.6. The summed E-state index contributed by atoms with van der Waals surface area (Å²) >= 11 is 0. The van der Waals surface area contributed by atoms with Crippen molar-refractivity contribution >= 4 is 71.7 Å². The number of benzene rings is 9. The molecule has 0 saturated carbocycles. The molecule has 0 atom stereocenters. The van der Waals surface area contributed by atoms with Gasteiger partial charge in [0.15, 0.2) is 11.2 Å². The second-order valence-corrected chi connectivity index (χ2v) is 16.1. The third-order valence-electron chi connectivity index (χ3n) is 12.5. The van der Waals surface area contributed by atoms with E-state index in [0.29, 0.717) is 0 Å². The van der Waals surface area contributed by atoms with Gasteiger partial charge >= 0.3 is 0 Å². The van der Waals surface area contributed by atoms with Crippen molar-refractivity contribution in [2.45, 2.75) is 19.3 Å². The molecule has 11 aromatic rings. The highest BCUT2D eigenvalue weighted by atomic mass is 16.3. The van der Waals surface area contributed by atoms with Gasteiger partial charge in [-0.15, -0.1) is 0 Å². The lowest BCUT2D eigenvalue weighted by Gasteiger charge is -2.26. The molecule has 0 bridgehead atoms. The normalized spacial score (nSPS) is 13.1. The highest BCUT2D eigenvalue weighted by Gasteiger charge is 2.35. The van der Waals surface area contributed by atoms with Gasteiger partial charge in [0.2, 0.25) is 0 Å². The first-order chi connectivity index (χ1) is 28.5. The summed E-state index contributed by atoms with van der Waals surface area (Å²) in [4.78, 5) is 2.34. The number of anilines is 3. The van der Waals surface area contributed by atoms with Gasteiger partial charge in [-0.05, 0) is 98.4 Å². The Kier molecular flexibility index (Phi) is 6.98. The number of rotatable bonds is 5. The quantitative estimate of drug-likeness (QED) is 0.176. The van der Waals surface area contributed by atoms with Gasteiger partial charge in [0.1, 0.15) is 11.2 Å². The van der Waals surface area contributed by atoms with Crippen LogP contribution >= 0.6 is 0 Å². The average Bonchev–Trinajstić information content (AvgIpc) is 3.93. The lowest BCUT2D eigenvalue weighted by molar-refractivity contribution is 0.660. The Labute approximate surface area is 336 Å². The van der Waals surface area contributed by atoms with E-state index < -0.39 is 0 Å². The van der Waals surface area contributed by atoms with Crippen LogP contribution in [0.2, 0.25) is 0 Å². The molecule has 0 N–H and O–H groups in total. The third-order valence-corrected chi connectivity index (χ3v) is 12.5. The van der Waals surface area contributed by atoms with Crippen LogP contribution < -0.4 is 4.90 Å². The van der Waals surface area contributed by atoms with E-state index in [0.717, 1.165) is 82.8 Å². The van der Waals surface area contributed by atoms with Gasteiger partial charge in [0.25, 0.3) is 0 Å². The van der Waals surface area contributed by atoms with Crippen LogP contribution in [0.15, 0.2) is 197 Å². The van der Waals surface area contributed by atoms with Crippen molar-refractivity contribution in [3.8, 4) is 33.4 Å². The molecule has 0 radical (unpaired) electrons. The minimum absolute atomic E-state index is 0.125. The Morgan fingerprint density at radius 3 is 1.93 bits per heavy atom. The SMILES string of the molecule is CC1(C)c2ccccc2-c2ccc(-c3cc(N(c4ccc(-c5ccccc5)cc4)c4cccc5c4oc4ccccc45)c4oc5c6ccccc6ccc5c4c3)cc21. The topological polar surface area (TPSA) is 29.5 Å². The Morgan fingerprint density at radius 2 is 1.05 bits per heavy atom. The van der Waals surface area contributed by atoms with Gasteiger partial charge in [-0.2, -0.15) is 0 Å². The smallest absolute Gasteiger partial charge is 0.159 e. The first kappa shape index (κ1) is 32.8. The van der Waals surface area contributed by atoms with Gasteiger partial charge in [0, 0.05) is 38.0 Å². The number of fused-ring (bicyclic) bond motifs is 11. The van der Waals surface area contributed by atoms with E-state index in [2.05, 4.69) is 201 Å². The number of hydrogen-bond acceptors (Lipinski definition) is 3. The van der Waals surface area contributed by atoms with Crippen LogP contribution in [-0.2, 0) is 5.41 Å². The fourth-order valence-electron chi connectivity index (χ4n) is 9.55. The van der Waals surface area contributed by atoms with E-state index in [4.69, 9.17) is 8.83 Å². The van der Waals surface area contributed by atoms with Crippen LogP contribution in [-0.4, -0.2) is 0 Å². The van der Waals surface area contributed by atoms with Crippen LogP contribution in [0.25, 0.3) is 88.0 Å². The second kappa shape index (κ2) is 12.3. The molecule has 0 fully saturated rings. The fraction of sp³-hybridized carbons (Fsp3) is 0.0545. The maximum absolute atomic E-state index is 7.15. The molecule has 2 aromatic heterocycles. The van der Waals surface area contributed by atoms with E-state index in [1.165, 1.54) is 33.4 Å². The first-order valence-corrected chi connectivity index (χ1v) is 20.0. The Bertz CT molecular complexity index is 3420. The summed E-state index contributed by atoms with van der Waals surface area (Å²) in [5.74, 6) is 0. The zero-order chi connectivity index (χ0) is 38.5. The summed E-state index contributed by atoms with van der Waals surface area (Å²) in [6.45, 7) is 4.69. The van der Waals surface area contributed by atoms with Crippen LogP contribution in [0.3, 0.4) is 0 Å². The van der Waals surface area contributed by atoms with E-state index in [9.17, 15) is 0 Å². The molecule has 58 heavy (non-hydrogen) atoms. The summed E-state index contributed by atoms with van der Waals surface area (Å²) in [7, 11) is 0. The Hall–Kier alpha value is -7.36. The van der Waals surface area contributed by atoms with E-state index in [-0.39, 0.29) is 5.41 Å². The maximum atomic E-state index is 7.15. The maximum Gasteiger partial charge on any atom is 0.159 e. The van der Waals surface area contributed by atoms with E-state index in [1.54, 1.807) is 0 Å². The van der Waals surface area contributed by atoms with Crippen LogP contribution in [0.5, 0.6) is 0 Å². The molecule has 3 nitrogen and oxygen atoms in total. The highest BCUT2D eigenvalue weighted by Crippen LogP contribution is 2.52. The molecule has 0 aliphatic heterocycles. The van der Waals surface area contributed by atoms with Gasteiger partial charge in [-0.3, -0.25) is 0 Å². The minimum Gasteiger partial charge on any atom is -0.454 e. The lowest BCUT2D eigenvalue weighted by Crippen LogP contribution is -2.14. The Morgan fingerprint density at radius 1 is 0.379 bits per heavy atom. The monoisotopic (exact) mass is 743 g/mol.